The molecule has 1 aliphatic heterocycles. The molecule has 318 valence electrons. The maximum Gasteiger partial charge on any atom is 0.135 e. The minimum Gasteiger partial charge on any atom is -0.492 e. The number of ether oxygens (including phenoxy) is 1. The predicted octanol–water partition coefficient (Wildman–Crippen LogP) is 17.4. The van der Waals surface area contributed by atoms with Gasteiger partial charge in [-0.2, -0.15) is 0 Å². The van der Waals surface area contributed by atoms with Crippen LogP contribution in [-0.2, 0) is 12.8 Å². The van der Waals surface area contributed by atoms with Gasteiger partial charge in [0.15, 0.2) is 0 Å². The third-order valence-electron chi connectivity index (χ3n) is 13.9. The number of furan rings is 1. The van der Waals surface area contributed by atoms with E-state index in [0.29, 0.717) is 6.61 Å². The van der Waals surface area contributed by atoms with Gasteiger partial charge < -0.3 is 14.1 Å². The van der Waals surface area contributed by atoms with Gasteiger partial charge in [0.25, 0.3) is 0 Å². The second kappa shape index (κ2) is 16.2. The molecule has 0 radical (unpaired) electrons. The zero-order valence-corrected chi connectivity index (χ0v) is 37.0. The van der Waals surface area contributed by atoms with Crippen molar-refractivity contribution in [3.05, 3.63) is 235 Å². The number of aryl methyl sites for hydroxylation is 1. The van der Waals surface area contributed by atoms with Crippen LogP contribution in [0, 0.1) is 0 Å². The molecule has 1 aromatic heterocycles. The van der Waals surface area contributed by atoms with Crippen molar-refractivity contribution < 1.29 is 9.15 Å². The summed E-state index contributed by atoms with van der Waals surface area (Å²) in [6, 6.07) is 77.1. The first-order chi connectivity index (χ1) is 33.2. The maximum absolute atomic E-state index is 7.05. The van der Waals surface area contributed by atoms with Crippen LogP contribution in [0.3, 0.4) is 0 Å². The fourth-order valence-electron chi connectivity index (χ4n) is 10.8. The molecule has 3 heteroatoms. The van der Waals surface area contributed by atoms with Crippen molar-refractivity contribution in [1.82, 2.24) is 0 Å². The monoisotopic (exact) mass is 859 g/mol. The highest BCUT2D eigenvalue weighted by Gasteiger charge is 2.25. The molecule has 0 atom stereocenters. The summed E-state index contributed by atoms with van der Waals surface area (Å²) >= 11 is 0. The van der Waals surface area contributed by atoms with Crippen LogP contribution in [0.25, 0.3) is 94.4 Å². The van der Waals surface area contributed by atoms with Gasteiger partial charge >= 0.3 is 0 Å². The summed E-state index contributed by atoms with van der Waals surface area (Å²) in [6.45, 7) is 0.575. The van der Waals surface area contributed by atoms with Crippen LogP contribution >= 0.6 is 0 Å². The molecule has 1 aliphatic carbocycles. The van der Waals surface area contributed by atoms with Crippen molar-refractivity contribution in [2.75, 3.05) is 11.5 Å². The van der Waals surface area contributed by atoms with Gasteiger partial charge in [0.1, 0.15) is 16.9 Å². The number of anilines is 3. The van der Waals surface area contributed by atoms with E-state index < -0.39 is 0 Å². The Hall–Kier alpha value is -8.40. The third kappa shape index (κ3) is 6.73. The summed E-state index contributed by atoms with van der Waals surface area (Å²) in [4.78, 5) is 2.37. The van der Waals surface area contributed by atoms with E-state index in [1.54, 1.807) is 0 Å². The van der Waals surface area contributed by atoms with Gasteiger partial charge in [-0.3, -0.25) is 0 Å². The zero-order chi connectivity index (χ0) is 44.3. The van der Waals surface area contributed by atoms with Crippen LogP contribution in [-0.4, -0.2) is 6.61 Å². The number of hydrogen-bond acceptors (Lipinski definition) is 3. The average Bonchev–Trinajstić information content (AvgIpc) is 3.76. The van der Waals surface area contributed by atoms with Gasteiger partial charge in [-0.25, -0.2) is 0 Å². The molecule has 13 rings (SSSR count). The predicted molar refractivity (Wildman–Crippen MR) is 280 cm³/mol. The second-order valence-corrected chi connectivity index (χ2v) is 17.7. The van der Waals surface area contributed by atoms with Crippen LogP contribution in [0.15, 0.2) is 223 Å². The maximum atomic E-state index is 7.05. The van der Waals surface area contributed by atoms with Gasteiger partial charge in [-0.05, 0) is 140 Å². The lowest BCUT2D eigenvalue weighted by Crippen LogP contribution is -2.10. The number of para-hydroxylation sites is 1. The smallest absolute Gasteiger partial charge is 0.135 e. The molecule has 0 spiro atoms. The van der Waals surface area contributed by atoms with Gasteiger partial charge in [0, 0.05) is 45.2 Å². The van der Waals surface area contributed by atoms with Gasteiger partial charge in [0.05, 0.1) is 6.61 Å². The minimum absolute atomic E-state index is 0.575. The van der Waals surface area contributed by atoms with E-state index in [2.05, 4.69) is 217 Å². The standard InChI is InChI=1S/C64H45NO2/c1-2-14-42(15-3-1)46-18-12-19-48(40-46)65(49-34-37-62-60(41-49)56-23-10-11-27-61(56)67-62)47-32-28-45(29-33-47)51-25-13-26-58-59-36-31-44-17-5-7-21-52(44)64(59)66-39-38-55-50-20-6-4-16-43(50)30-35-54(55)53-22-8-9-24-57(53)63(51)58/h1-3,5-15,17-37,40-41H,4,16,38-39H2. The van der Waals surface area contributed by atoms with Crippen LogP contribution in [0.4, 0.5) is 17.1 Å². The first-order valence-electron chi connectivity index (χ1n) is 23.4. The number of allylic oxidation sites excluding steroid dienone is 1. The van der Waals surface area contributed by atoms with Gasteiger partial charge in [0.2, 0.25) is 0 Å². The lowest BCUT2D eigenvalue weighted by Gasteiger charge is -2.26. The van der Waals surface area contributed by atoms with Crippen molar-refractivity contribution >= 4 is 55.8 Å². The van der Waals surface area contributed by atoms with Crippen LogP contribution in [0.1, 0.15) is 23.1 Å². The van der Waals surface area contributed by atoms with Gasteiger partial charge in [-0.1, -0.05) is 170 Å². The topological polar surface area (TPSA) is 25.6 Å². The number of benzene rings is 10. The van der Waals surface area contributed by atoms with Crippen LogP contribution in [0.2, 0.25) is 0 Å². The fraction of sp³-hybridized carbons (Fsp3) is 0.0625. The number of rotatable bonds is 5. The Morgan fingerprint density at radius 1 is 0.403 bits per heavy atom. The van der Waals surface area contributed by atoms with E-state index >= 15 is 0 Å². The van der Waals surface area contributed by atoms with Crippen LogP contribution < -0.4 is 9.64 Å². The van der Waals surface area contributed by atoms with Gasteiger partial charge in [-0.15, -0.1) is 0 Å². The molecule has 0 bridgehead atoms. The van der Waals surface area contributed by atoms with Crippen LogP contribution in [0.5, 0.6) is 5.75 Å². The van der Waals surface area contributed by atoms with E-state index in [0.717, 1.165) is 97.2 Å². The molecule has 0 unspecified atom stereocenters. The summed E-state index contributed by atoms with van der Waals surface area (Å²) in [5, 5.41) is 4.49. The highest BCUT2D eigenvalue weighted by atomic mass is 16.5. The van der Waals surface area contributed by atoms with Crippen molar-refractivity contribution in [1.29, 1.82) is 0 Å². The Bertz CT molecular complexity index is 3730. The first kappa shape index (κ1) is 39.0. The average molecular weight is 860 g/mol. The summed E-state index contributed by atoms with van der Waals surface area (Å²) in [6.07, 6.45) is 7.62. The lowest BCUT2D eigenvalue weighted by molar-refractivity contribution is 0.327. The SMILES string of the molecule is C1=Cc2c(ccc3c2CCOc2c(ccc4ccccc24)-c2cccc(-c4ccc(N(c5cccc(-c6ccccc6)c5)c5ccc6oc7ccccc7c6c5)cc4)c2-c2ccccc2-3)CC1. The molecule has 11 aromatic rings. The molecule has 67 heavy (non-hydrogen) atoms. The summed E-state index contributed by atoms with van der Waals surface area (Å²) in [5.41, 5.74) is 20.9. The third-order valence-corrected chi connectivity index (χ3v) is 13.9. The Morgan fingerprint density at radius 2 is 1.10 bits per heavy atom. The van der Waals surface area contributed by atoms with E-state index in [-0.39, 0.29) is 0 Å². The summed E-state index contributed by atoms with van der Waals surface area (Å²) in [7, 11) is 0. The largest absolute Gasteiger partial charge is 0.492 e. The highest BCUT2D eigenvalue weighted by molar-refractivity contribution is 6.07. The molecule has 0 amide bonds. The van der Waals surface area contributed by atoms with Crippen molar-refractivity contribution in [3.8, 4) is 61.4 Å². The van der Waals surface area contributed by atoms with E-state index in [4.69, 9.17) is 9.15 Å². The number of hydrogen-bond donors (Lipinski definition) is 0. The Morgan fingerprint density at radius 3 is 2.01 bits per heavy atom. The Balaban J connectivity index is 1.01. The molecule has 2 heterocycles. The van der Waals surface area contributed by atoms with Crippen molar-refractivity contribution in [2.45, 2.75) is 19.3 Å². The molecule has 10 aromatic carbocycles. The quantitative estimate of drug-likeness (QED) is 0.172. The molecular weight excluding hydrogens is 815 g/mol. The molecule has 0 saturated carbocycles. The fourth-order valence-corrected chi connectivity index (χ4v) is 10.8. The molecule has 0 saturated heterocycles. The molecular formula is C64H45NO2. The molecule has 0 N–H and O–H groups in total. The highest BCUT2D eigenvalue weighted by Crippen LogP contribution is 2.50. The minimum atomic E-state index is 0.575. The van der Waals surface area contributed by atoms with E-state index in [1.165, 1.54) is 49.9 Å². The first-order valence-corrected chi connectivity index (χ1v) is 23.4. The normalized spacial score (nSPS) is 12.9. The molecule has 3 nitrogen and oxygen atoms in total. The number of fused-ring (bicyclic) bond motifs is 14. The van der Waals surface area contributed by atoms with Crippen molar-refractivity contribution in [2.24, 2.45) is 0 Å². The summed E-state index contributed by atoms with van der Waals surface area (Å²) in [5.74, 6) is 0.934. The zero-order valence-electron chi connectivity index (χ0n) is 37.0. The number of nitrogens with zero attached hydrogens (tertiary/aromatic N) is 1. The van der Waals surface area contributed by atoms with Crippen molar-refractivity contribution in [3.63, 3.8) is 0 Å². The van der Waals surface area contributed by atoms with E-state index in [1.807, 2.05) is 12.1 Å². The summed E-state index contributed by atoms with van der Waals surface area (Å²) < 4.78 is 13.4. The molecule has 2 aliphatic rings. The lowest BCUT2D eigenvalue weighted by atomic mass is 9.81. The Labute approximate surface area is 390 Å². The molecule has 0 fully saturated rings. The second-order valence-electron chi connectivity index (χ2n) is 17.7. The van der Waals surface area contributed by atoms with E-state index in [9.17, 15) is 0 Å². The Kier molecular flexibility index (Phi) is 9.45.